The SMILES string of the molecule is CC(C)(NS(=O)(=O)c1ncccc1F)C(N)=S. The quantitative estimate of drug-likeness (QED) is 0.786. The molecule has 0 saturated heterocycles. The maximum absolute atomic E-state index is 13.3. The van der Waals surface area contributed by atoms with Gasteiger partial charge in [0.15, 0.2) is 5.82 Å². The lowest BCUT2D eigenvalue weighted by Crippen LogP contribution is -2.52. The lowest BCUT2D eigenvalue weighted by Gasteiger charge is -2.24. The second kappa shape index (κ2) is 4.63. The molecule has 0 amide bonds. The molecule has 1 aromatic rings. The minimum atomic E-state index is -4.10. The molecule has 0 saturated carbocycles. The molecule has 0 aliphatic heterocycles. The molecule has 1 aromatic heterocycles. The van der Waals surface area contributed by atoms with Gasteiger partial charge in [0.1, 0.15) is 0 Å². The fourth-order valence-corrected chi connectivity index (χ4v) is 2.52. The number of hydrogen-bond donors (Lipinski definition) is 2. The molecule has 0 atom stereocenters. The normalized spacial score (nSPS) is 12.4. The van der Waals surface area contributed by atoms with Crippen molar-refractivity contribution in [3.8, 4) is 0 Å². The van der Waals surface area contributed by atoms with E-state index in [0.717, 1.165) is 6.07 Å². The molecule has 17 heavy (non-hydrogen) atoms. The molecule has 5 nitrogen and oxygen atoms in total. The van der Waals surface area contributed by atoms with Crippen molar-refractivity contribution in [1.82, 2.24) is 9.71 Å². The maximum atomic E-state index is 13.3. The van der Waals surface area contributed by atoms with E-state index in [9.17, 15) is 12.8 Å². The fourth-order valence-electron chi connectivity index (χ4n) is 1.00. The smallest absolute Gasteiger partial charge is 0.261 e. The van der Waals surface area contributed by atoms with Crippen LogP contribution in [0.4, 0.5) is 4.39 Å². The van der Waals surface area contributed by atoms with Gasteiger partial charge in [-0.15, -0.1) is 0 Å². The van der Waals surface area contributed by atoms with Gasteiger partial charge in [0, 0.05) is 6.20 Å². The first-order valence-electron chi connectivity index (χ1n) is 4.61. The Labute approximate surface area is 104 Å². The van der Waals surface area contributed by atoms with Crippen LogP contribution in [-0.2, 0) is 10.0 Å². The van der Waals surface area contributed by atoms with E-state index < -0.39 is 26.4 Å². The highest BCUT2D eigenvalue weighted by Crippen LogP contribution is 2.14. The zero-order valence-corrected chi connectivity index (χ0v) is 10.9. The highest BCUT2D eigenvalue weighted by Gasteiger charge is 2.31. The van der Waals surface area contributed by atoms with E-state index >= 15 is 0 Å². The molecule has 3 N–H and O–H groups in total. The van der Waals surface area contributed by atoms with Gasteiger partial charge in [-0.3, -0.25) is 0 Å². The molecule has 8 heteroatoms. The zero-order chi connectivity index (χ0) is 13.3. The minimum absolute atomic E-state index is 0.0441. The summed E-state index contributed by atoms with van der Waals surface area (Å²) >= 11 is 4.72. The molecule has 0 aliphatic carbocycles. The van der Waals surface area contributed by atoms with E-state index in [1.165, 1.54) is 26.1 Å². The summed E-state index contributed by atoms with van der Waals surface area (Å²) in [6, 6.07) is 2.31. The number of pyridine rings is 1. The number of nitrogens with zero attached hydrogens (tertiary/aromatic N) is 1. The van der Waals surface area contributed by atoms with Gasteiger partial charge in [-0.25, -0.2) is 17.8 Å². The molecular weight excluding hydrogens is 265 g/mol. The van der Waals surface area contributed by atoms with Crippen LogP contribution >= 0.6 is 12.2 Å². The van der Waals surface area contributed by atoms with Crippen LogP contribution in [0.25, 0.3) is 0 Å². The van der Waals surface area contributed by atoms with E-state index in [-0.39, 0.29) is 4.99 Å². The number of halogens is 1. The van der Waals surface area contributed by atoms with E-state index in [1.54, 1.807) is 0 Å². The predicted octanol–water partition coefficient (Wildman–Crippen LogP) is 0.564. The highest BCUT2D eigenvalue weighted by atomic mass is 32.2. The van der Waals surface area contributed by atoms with Crippen LogP contribution in [0.5, 0.6) is 0 Å². The Morgan fingerprint density at radius 3 is 2.65 bits per heavy atom. The van der Waals surface area contributed by atoms with Crippen molar-refractivity contribution >= 4 is 27.2 Å². The summed E-state index contributed by atoms with van der Waals surface area (Å²) in [7, 11) is -4.10. The first-order chi connectivity index (χ1) is 7.67. The monoisotopic (exact) mass is 277 g/mol. The van der Waals surface area contributed by atoms with Crippen LogP contribution in [0, 0.1) is 5.82 Å². The van der Waals surface area contributed by atoms with E-state index in [1.807, 2.05) is 0 Å². The van der Waals surface area contributed by atoms with Crippen LogP contribution in [0.3, 0.4) is 0 Å². The van der Waals surface area contributed by atoms with Crippen molar-refractivity contribution in [2.45, 2.75) is 24.4 Å². The standard InChI is InChI=1S/C9H12FN3O2S2/c1-9(2,8(11)16)13-17(14,15)7-6(10)4-3-5-12-7/h3-5,13H,1-2H3,(H2,11,16). The van der Waals surface area contributed by atoms with Gasteiger partial charge in [-0.1, -0.05) is 12.2 Å². The topological polar surface area (TPSA) is 85.1 Å². The summed E-state index contributed by atoms with van der Waals surface area (Å²) in [6.07, 6.45) is 1.19. The largest absolute Gasteiger partial charge is 0.392 e. The Bertz CT molecular complexity index is 543. The maximum Gasteiger partial charge on any atom is 0.261 e. The number of nitrogens with one attached hydrogen (secondary N) is 1. The van der Waals surface area contributed by atoms with Crippen molar-refractivity contribution in [2.24, 2.45) is 5.73 Å². The van der Waals surface area contributed by atoms with Gasteiger partial charge in [0.2, 0.25) is 5.03 Å². The van der Waals surface area contributed by atoms with Crippen molar-refractivity contribution in [3.63, 3.8) is 0 Å². The molecule has 0 unspecified atom stereocenters. The molecular formula is C9H12FN3O2S2. The van der Waals surface area contributed by atoms with E-state index in [0.29, 0.717) is 0 Å². The summed E-state index contributed by atoms with van der Waals surface area (Å²) in [5.74, 6) is -0.932. The summed E-state index contributed by atoms with van der Waals surface area (Å²) in [5, 5.41) is -0.677. The van der Waals surface area contributed by atoms with E-state index in [2.05, 4.69) is 9.71 Å². The summed E-state index contributed by atoms with van der Waals surface area (Å²) < 4.78 is 39.2. The zero-order valence-electron chi connectivity index (χ0n) is 9.27. The predicted molar refractivity (Wildman–Crippen MR) is 65.4 cm³/mol. The number of aromatic nitrogens is 1. The lowest BCUT2D eigenvalue weighted by molar-refractivity contribution is 0.523. The van der Waals surface area contributed by atoms with Gasteiger partial charge < -0.3 is 5.73 Å². The van der Waals surface area contributed by atoms with Gasteiger partial charge in [0.25, 0.3) is 10.0 Å². The van der Waals surface area contributed by atoms with Crippen LogP contribution < -0.4 is 10.5 Å². The van der Waals surface area contributed by atoms with Crippen molar-refractivity contribution in [2.75, 3.05) is 0 Å². The second-order valence-corrected chi connectivity index (χ2v) is 5.92. The van der Waals surface area contributed by atoms with Gasteiger partial charge in [-0.2, -0.15) is 4.72 Å². The Balaban J connectivity index is 3.15. The first kappa shape index (κ1) is 13.9. The number of thiocarbonyl (C=S) groups is 1. The fraction of sp³-hybridized carbons (Fsp3) is 0.333. The van der Waals surface area contributed by atoms with E-state index in [4.69, 9.17) is 18.0 Å². The Morgan fingerprint density at radius 2 is 2.18 bits per heavy atom. The molecule has 1 rings (SSSR count). The highest BCUT2D eigenvalue weighted by molar-refractivity contribution is 7.89. The number of hydrogen-bond acceptors (Lipinski definition) is 4. The van der Waals surface area contributed by atoms with Crippen LogP contribution in [0.1, 0.15) is 13.8 Å². The summed E-state index contributed by atoms with van der Waals surface area (Å²) in [4.78, 5) is 3.44. The third-order valence-electron chi connectivity index (χ3n) is 1.98. The molecule has 0 radical (unpaired) electrons. The lowest BCUT2D eigenvalue weighted by atomic mass is 10.1. The van der Waals surface area contributed by atoms with Gasteiger partial charge in [0.05, 0.1) is 10.5 Å². The second-order valence-electron chi connectivity index (χ2n) is 3.89. The molecule has 0 bridgehead atoms. The number of sulfonamides is 1. The summed E-state index contributed by atoms with van der Waals surface area (Å²) in [5.41, 5.74) is 4.23. The van der Waals surface area contributed by atoms with Crippen molar-refractivity contribution in [1.29, 1.82) is 0 Å². The third kappa shape index (κ3) is 3.18. The molecule has 0 aromatic carbocycles. The Morgan fingerprint density at radius 1 is 1.59 bits per heavy atom. The van der Waals surface area contributed by atoms with Crippen molar-refractivity contribution < 1.29 is 12.8 Å². The van der Waals surface area contributed by atoms with Crippen LogP contribution in [0.15, 0.2) is 23.4 Å². The van der Waals surface area contributed by atoms with Gasteiger partial charge >= 0.3 is 0 Å². The molecule has 0 fully saturated rings. The molecule has 0 spiro atoms. The Hall–Kier alpha value is -1.12. The van der Waals surface area contributed by atoms with Crippen LogP contribution in [-0.4, -0.2) is 23.9 Å². The van der Waals surface area contributed by atoms with Crippen molar-refractivity contribution in [3.05, 3.63) is 24.1 Å². The third-order valence-corrected chi connectivity index (χ3v) is 4.08. The summed E-state index contributed by atoms with van der Waals surface area (Å²) in [6.45, 7) is 2.96. The average Bonchev–Trinajstić information content (AvgIpc) is 2.16. The van der Waals surface area contributed by atoms with Gasteiger partial charge in [-0.05, 0) is 26.0 Å². The Kier molecular flexibility index (Phi) is 3.80. The minimum Gasteiger partial charge on any atom is -0.392 e. The number of rotatable bonds is 4. The molecule has 94 valence electrons. The number of nitrogens with two attached hydrogens (primary N) is 1. The van der Waals surface area contributed by atoms with Crippen LogP contribution in [0.2, 0.25) is 0 Å². The molecule has 0 aliphatic rings. The average molecular weight is 277 g/mol. The molecule has 1 heterocycles. The first-order valence-corrected chi connectivity index (χ1v) is 6.50.